The Morgan fingerprint density at radius 2 is 1.34 bits per heavy atom. The maximum Gasteiger partial charge on any atom is 0.272 e. The van der Waals surface area contributed by atoms with E-state index in [0.717, 1.165) is 23.4 Å². The lowest BCUT2D eigenvalue weighted by Crippen LogP contribution is -2.46. The van der Waals surface area contributed by atoms with E-state index >= 15 is 0 Å². The van der Waals surface area contributed by atoms with E-state index in [-0.39, 0.29) is 34.2 Å². The standard InChI is InChI=1S/C22H23N3O3.ClH/c1-25(2)12-13-28-18-10-8-17(9-11-18)15-20-22(27)23-19(21(26)24-20)14-16-6-4-3-5-7-16;/h3-11,14-15H,12-13H2,1-2H3,(H,23,27)(H,24,26);1H/b19-14-,20-15-;. The Kier molecular flexibility index (Phi) is 8.00. The van der Waals surface area contributed by atoms with Crippen molar-refractivity contribution in [3.63, 3.8) is 0 Å². The molecule has 0 amide bonds. The molecule has 3 aromatic rings. The average molecular weight is 414 g/mol. The summed E-state index contributed by atoms with van der Waals surface area (Å²) in [6.45, 7) is 1.43. The molecule has 0 aliphatic carbocycles. The molecule has 1 heterocycles. The molecule has 29 heavy (non-hydrogen) atoms. The van der Waals surface area contributed by atoms with Gasteiger partial charge in [0.25, 0.3) is 11.1 Å². The summed E-state index contributed by atoms with van der Waals surface area (Å²) < 4.78 is 5.65. The van der Waals surface area contributed by atoms with Gasteiger partial charge < -0.3 is 19.6 Å². The maximum atomic E-state index is 12.4. The Labute approximate surface area is 174 Å². The molecule has 0 saturated heterocycles. The van der Waals surface area contributed by atoms with E-state index in [1.54, 1.807) is 12.2 Å². The second-order valence-corrected chi connectivity index (χ2v) is 6.66. The zero-order valence-corrected chi connectivity index (χ0v) is 17.2. The van der Waals surface area contributed by atoms with Crippen molar-refractivity contribution in [2.75, 3.05) is 27.2 Å². The van der Waals surface area contributed by atoms with Crippen molar-refractivity contribution in [2.45, 2.75) is 0 Å². The number of nitrogens with zero attached hydrogens (tertiary/aromatic N) is 1. The maximum absolute atomic E-state index is 12.4. The van der Waals surface area contributed by atoms with Crippen molar-refractivity contribution < 1.29 is 4.74 Å². The van der Waals surface area contributed by atoms with Crippen LogP contribution in [-0.4, -0.2) is 42.1 Å². The number of rotatable bonds is 6. The van der Waals surface area contributed by atoms with Gasteiger partial charge in [-0.3, -0.25) is 9.59 Å². The highest BCUT2D eigenvalue weighted by Gasteiger charge is 1.98. The topological polar surface area (TPSA) is 78.2 Å². The minimum absolute atomic E-state index is 0. The predicted molar refractivity (Wildman–Crippen MR) is 118 cm³/mol. The second kappa shape index (κ2) is 10.5. The van der Waals surface area contributed by atoms with Gasteiger partial charge in [0.1, 0.15) is 23.1 Å². The van der Waals surface area contributed by atoms with Crippen LogP contribution in [0.1, 0.15) is 11.1 Å². The number of hydrogen-bond donors (Lipinski definition) is 2. The summed E-state index contributed by atoms with van der Waals surface area (Å²) in [7, 11) is 3.98. The Morgan fingerprint density at radius 1 is 0.828 bits per heavy atom. The van der Waals surface area contributed by atoms with E-state index in [2.05, 4.69) is 9.97 Å². The van der Waals surface area contributed by atoms with Crippen LogP contribution < -0.4 is 26.6 Å². The minimum atomic E-state index is -0.354. The van der Waals surface area contributed by atoms with Crippen molar-refractivity contribution >= 4 is 24.6 Å². The van der Waals surface area contributed by atoms with Gasteiger partial charge in [-0.1, -0.05) is 42.5 Å². The molecule has 0 radical (unpaired) electrons. The fraction of sp³-hybridized carbons (Fsp3) is 0.182. The molecule has 6 nitrogen and oxygen atoms in total. The summed E-state index contributed by atoms with van der Waals surface area (Å²) in [6.07, 6.45) is 3.28. The minimum Gasteiger partial charge on any atom is -0.492 e. The number of halogens is 1. The van der Waals surface area contributed by atoms with Gasteiger partial charge in [0.15, 0.2) is 0 Å². The van der Waals surface area contributed by atoms with Crippen LogP contribution in [0.25, 0.3) is 12.2 Å². The Morgan fingerprint density at radius 3 is 1.86 bits per heavy atom. The van der Waals surface area contributed by atoms with Crippen LogP contribution in [0.15, 0.2) is 64.2 Å². The van der Waals surface area contributed by atoms with Gasteiger partial charge in [-0.05, 0) is 49.5 Å². The number of H-pyrrole nitrogens is 2. The van der Waals surface area contributed by atoms with E-state index in [4.69, 9.17) is 4.74 Å². The number of hydrogen-bond acceptors (Lipinski definition) is 4. The smallest absolute Gasteiger partial charge is 0.272 e. The molecular weight excluding hydrogens is 390 g/mol. The normalized spacial score (nSPS) is 12.1. The van der Waals surface area contributed by atoms with Crippen LogP contribution in [0, 0.1) is 0 Å². The molecule has 0 unspecified atom stereocenters. The molecule has 0 fully saturated rings. The first kappa shape index (κ1) is 22.2. The van der Waals surface area contributed by atoms with Crippen LogP contribution in [-0.2, 0) is 0 Å². The fourth-order valence-corrected chi connectivity index (χ4v) is 2.59. The average Bonchev–Trinajstić information content (AvgIpc) is 2.68. The first-order valence-electron chi connectivity index (χ1n) is 9.00. The Balaban J connectivity index is 0.00000300. The first-order chi connectivity index (χ1) is 13.5. The molecule has 3 rings (SSSR count). The third kappa shape index (κ3) is 6.48. The molecular formula is C22H24ClN3O3. The molecule has 0 aliphatic heterocycles. The monoisotopic (exact) mass is 413 g/mol. The summed E-state index contributed by atoms with van der Waals surface area (Å²) in [6, 6.07) is 16.7. The fourth-order valence-electron chi connectivity index (χ4n) is 2.59. The van der Waals surface area contributed by atoms with Gasteiger partial charge in [0.05, 0.1) is 0 Å². The largest absolute Gasteiger partial charge is 0.492 e. The lowest BCUT2D eigenvalue weighted by atomic mass is 10.2. The predicted octanol–water partition coefficient (Wildman–Crippen LogP) is 1.08. The van der Waals surface area contributed by atoms with Gasteiger partial charge in [-0.15, -0.1) is 12.4 Å². The number of nitrogens with one attached hydrogen (secondary N) is 2. The SMILES string of the molecule is CN(C)CCOc1ccc(/C=c2\[nH]c(=O)/c(=C/c3ccccc3)[nH]c2=O)cc1.Cl. The summed E-state index contributed by atoms with van der Waals surface area (Å²) in [4.78, 5) is 32.0. The van der Waals surface area contributed by atoms with E-state index in [1.807, 2.05) is 73.6 Å². The van der Waals surface area contributed by atoms with Crippen LogP contribution in [0.2, 0.25) is 0 Å². The first-order valence-corrected chi connectivity index (χ1v) is 9.00. The molecule has 152 valence electrons. The van der Waals surface area contributed by atoms with Crippen molar-refractivity contribution in [2.24, 2.45) is 0 Å². The molecule has 2 N–H and O–H groups in total. The molecule has 0 atom stereocenters. The summed E-state index contributed by atoms with van der Waals surface area (Å²) in [5, 5.41) is 0.425. The highest BCUT2D eigenvalue weighted by Crippen LogP contribution is 2.12. The van der Waals surface area contributed by atoms with E-state index in [0.29, 0.717) is 6.61 Å². The third-order valence-electron chi connectivity index (χ3n) is 4.09. The van der Waals surface area contributed by atoms with Gasteiger partial charge in [-0.2, -0.15) is 0 Å². The molecule has 2 aromatic carbocycles. The van der Waals surface area contributed by atoms with Crippen molar-refractivity contribution in [3.05, 3.63) is 97.1 Å². The van der Waals surface area contributed by atoms with Crippen molar-refractivity contribution in [3.8, 4) is 5.75 Å². The van der Waals surface area contributed by atoms with E-state index in [1.165, 1.54) is 0 Å². The second-order valence-electron chi connectivity index (χ2n) is 6.66. The highest BCUT2D eigenvalue weighted by atomic mass is 35.5. The molecule has 1 aromatic heterocycles. The van der Waals surface area contributed by atoms with Gasteiger partial charge in [0, 0.05) is 6.54 Å². The van der Waals surface area contributed by atoms with Gasteiger partial charge >= 0.3 is 0 Å². The van der Waals surface area contributed by atoms with E-state index < -0.39 is 0 Å². The zero-order chi connectivity index (χ0) is 19.9. The Bertz CT molecular complexity index is 1150. The molecule has 7 heteroatoms. The number of likely N-dealkylation sites (N-methyl/N-ethyl adjacent to an activating group) is 1. The van der Waals surface area contributed by atoms with Crippen LogP contribution >= 0.6 is 12.4 Å². The van der Waals surface area contributed by atoms with Gasteiger partial charge in [-0.25, -0.2) is 0 Å². The lowest BCUT2D eigenvalue weighted by Gasteiger charge is -2.10. The van der Waals surface area contributed by atoms with Crippen LogP contribution in [0.3, 0.4) is 0 Å². The van der Waals surface area contributed by atoms with E-state index in [9.17, 15) is 9.59 Å². The molecule has 0 spiro atoms. The highest BCUT2D eigenvalue weighted by molar-refractivity contribution is 5.85. The van der Waals surface area contributed by atoms with Crippen LogP contribution in [0.5, 0.6) is 5.75 Å². The number of ether oxygens (including phenoxy) is 1. The third-order valence-corrected chi connectivity index (χ3v) is 4.09. The quantitative estimate of drug-likeness (QED) is 0.634. The van der Waals surface area contributed by atoms with Crippen molar-refractivity contribution in [1.82, 2.24) is 14.9 Å². The number of aromatic nitrogens is 2. The van der Waals surface area contributed by atoms with Gasteiger partial charge in [0.2, 0.25) is 0 Å². The molecule has 0 saturated carbocycles. The summed E-state index contributed by atoms with van der Waals surface area (Å²) in [5.74, 6) is 0.759. The number of benzene rings is 2. The molecule has 0 aliphatic rings. The zero-order valence-electron chi connectivity index (χ0n) is 16.3. The summed E-state index contributed by atoms with van der Waals surface area (Å²) in [5.41, 5.74) is 0.928. The van der Waals surface area contributed by atoms with Crippen LogP contribution in [0.4, 0.5) is 0 Å². The summed E-state index contributed by atoms with van der Waals surface area (Å²) >= 11 is 0. The number of aromatic amines is 2. The Hall–Kier alpha value is -3.09. The molecule has 0 bridgehead atoms. The van der Waals surface area contributed by atoms with Crippen molar-refractivity contribution in [1.29, 1.82) is 0 Å². The lowest BCUT2D eigenvalue weighted by molar-refractivity contribution is 0.261.